The van der Waals surface area contributed by atoms with Crippen LogP contribution >= 0.6 is 22.7 Å². The first kappa shape index (κ1) is 22.0. The van der Waals surface area contributed by atoms with Crippen LogP contribution in [0.5, 0.6) is 0 Å². The zero-order valence-electron chi connectivity index (χ0n) is 17.6. The molecule has 0 spiro atoms. The summed E-state index contributed by atoms with van der Waals surface area (Å²) in [5.74, 6) is 0.0233. The summed E-state index contributed by atoms with van der Waals surface area (Å²) in [6, 6.07) is 4.75. The average Bonchev–Trinajstić information content (AvgIpc) is 3.49. The van der Waals surface area contributed by atoms with Crippen molar-refractivity contribution >= 4 is 39.4 Å². The Hall–Kier alpha value is -2.84. The van der Waals surface area contributed by atoms with Crippen molar-refractivity contribution in [1.82, 2.24) is 9.78 Å². The Balaban J connectivity index is 1.44. The zero-order valence-corrected chi connectivity index (χ0v) is 19.2. The lowest BCUT2D eigenvalue weighted by atomic mass is 9.89. The summed E-state index contributed by atoms with van der Waals surface area (Å²) in [6.07, 6.45) is -2.11. The molecule has 172 valence electrons. The molecule has 2 N–H and O–H groups in total. The van der Waals surface area contributed by atoms with Crippen LogP contribution in [0.4, 0.5) is 24.0 Å². The molecule has 4 heterocycles. The minimum absolute atomic E-state index is 0.123. The van der Waals surface area contributed by atoms with Crippen LogP contribution in [0.1, 0.15) is 63.2 Å². The van der Waals surface area contributed by atoms with Crippen LogP contribution in [0, 0.1) is 17.2 Å². The molecule has 0 fully saturated rings. The Morgan fingerprint density at radius 2 is 2.24 bits per heavy atom. The number of aromatic nitrogens is 2. The predicted octanol–water partition coefficient (Wildman–Crippen LogP) is 5.92. The maximum Gasteiger partial charge on any atom is 0.410 e. The summed E-state index contributed by atoms with van der Waals surface area (Å²) >= 11 is 2.75. The van der Waals surface area contributed by atoms with Crippen molar-refractivity contribution in [2.24, 2.45) is 5.92 Å². The van der Waals surface area contributed by atoms with Gasteiger partial charge in [-0.2, -0.15) is 23.5 Å². The Kier molecular flexibility index (Phi) is 5.45. The number of amides is 1. The average molecular weight is 492 g/mol. The smallest absolute Gasteiger partial charge is 0.363 e. The Morgan fingerprint density at radius 3 is 2.94 bits per heavy atom. The first-order chi connectivity index (χ1) is 15.7. The Bertz CT molecular complexity index is 1240. The van der Waals surface area contributed by atoms with Gasteiger partial charge in [0, 0.05) is 22.2 Å². The number of nitrogens with one attached hydrogen (secondary N) is 2. The second kappa shape index (κ2) is 8.18. The molecule has 0 saturated heterocycles. The number of nitriles is 1. The van der Waals surface area contributed by atoms with Crippen LogP contribution in [0.15, 0.2) is 23.6 Å². The number of hydrogen-bond donors (Lipinski definition) is 2. The minimum Gasteiger partial charge on any atom is -0.363 e. The molecule has 0 unspecified atom stereocenters. The molecule has 0 saturated carbocycles. The molecule has 1 aliphatic heterocycles. The maximum atomic E-state index is 13.8. The van der Waals surface area contributed by atoms with Crippen LogP contribution in [0.3, 0.4) is 0 Å². The molecule has 6 nitrogen and oxygen atoms in total. The number of nitrogens with zero attached hydrogens (tertiary/aromatic N) is 3. The number of thiophene rings is 2. The Morgan fingerprint density at radius 1 is 1.42 bits per heavy atom. The van der Waals surface area contributed by atoms with Gasteiger partial charge in [0.2, 0.25) is 0 Å². The normalized spacial score (nSPS) is 22.1. The second-order valence-corrected chi connectivity index (χ2v) is 10.6. The van der Waals surface area contributed by atoms with Crippen molar-refractivity contribution in [3.8, 4) is 6.07 Å². The fraction of sp³-hybridized carbons (Fsp3) is 0.409. The van der Waals surface area contributed by atoms with E-state index in [0.717, 1.165) is 39.3 Å². The van der Waals surface area contributed by atoms with Crippen LogP contribution in [0.2, 0.25) is 0 Å². The molecule has 3 aromatic heterocycles. The number of carbonyl (C=O) groups is 1. The van der Waals surface area contributed by atoms with Gasteiger partial charge in [-0.15, -0.1) is 22.7 Å². The van der Waals surface area contributed by atoms with Crippen molar-refractivity contribution in [1.29, 1.82) is 5.26 Å². The highest BCUT2D eigenvalue weighted by atomic mass is 32.1. The first-order valence-electron chi connectivity index (χ1n) is 10.6. The van der Waals surface area contributed by atoms with Crippen molar-refractivity contribution < 1.29 is 18.0 Å². The van der Waals surface area contributed by atoms with Crippen LogP contribution < -0.4 is 10.6 Å². The number of alkyl halides is 3. The predicted molar refractivity (Wildman–Crippen MR) is 121 cm³/mol. The number of halogens is 3. The highest BCUT2D eigenvalue weighted by Gasteiger charge is 2.47. The van der Waals surface area contributed by atoms with Gasteiger partial charge in [0.25, 0.3) is 5.91 Å². The Labute approximate surface area is 196 Å². The molecule has 0 radical (unpaired) electrons. The molecule has 11 heteroatoms. The van der Waals surface area contributed by atoms with Gasteiger partial charge < -0.3 is 10.6 Å². The van der Waals surface area contributed by atoms with Gasteiger partial charge in [0.1, 0.15) is 16.9 Å². The van der Waals surface area contributed by atoms with E-state index in [4.69, 9.17) is 0 Å². The van der Waals surface area contributed by atoms with Gasteiger partial charge in [-0.25, -0.2) is 4.68 Å². The lowest BCUT2D eigenvalue weighted by molar-refractivity contribution is -0.173. The van der Waals surface area contributed by atoms with Gasteiger partial charge in [-0.05, 0) is 42.2 Å². The first-order valence-corrected chi connectivity index (χ1v) is 12.3. The van der Waals surface area contributed by atoms with Gasteiger partial charge in [0.05, 0.1) is 11.6 Å². The van der Waals surface area contributed by atoms with E-state index in [1.165, 1.54) is 28.7 Å². The van der Waals surface area contributed by atoms with Crippen LogP contribution in [-0.2, 0) is 12.8 Å². The van der Waals surface area contributed by atoms with Gasteiger partial charge in [-0.1, -0.05) is 13.0 Å². The lowest BCUT2D eigenvalue weighted by Gasteiger charge is -2.32. The van der Waals surface area contributed by atoms with Gasteiger partial charge >= 0.3 is 6.18 Å². The van der Waals surface area contributed by atoms with Crippen molar-refractivity contribution in [3.63, 3.8) is 0 Å². The molecule has 33 heavy (non-hydrogen) atoms. The molecule has 1 aliphatic carbocycles. The van der Waals surface area contributed by atoms with Crippen molar-refractivity contribution in [2.75, 3.05) is 10.6 Å². The van der Waals surface area contributed by atoms with E-state index >= 15 is 0 Å². The number of rotatable bonds is 3. The summed E-state index contributed by atoms with van der Waals surface area (Å²) in [7, 11) is 0. The molecular formula is C22H20F3N5OS2. The quantitative estimate of drug-likeness (QED) is 0.477. The topological polar surface area (TPSA) is 82.7 Å². The monoisotopic (exact) mass is 491 g/mol. The summed E-state index contributed by atoms with van der Waals surface area (Å²) in [4.78, 5) is 14.8. The largest absolute Gasteiger partial charge is 0.410 e. The molecule has 0 aromatic carbocycles. The van der Waals surface area contributed by atoms with E-state index in [1.807, 2.05) is 5.38 Å². The molecule has 1 amide bonds. The maximum absolute atomic E-state index is 13.8. The van der Waals surface area contributed by atoms with Crippen LogP contribution in [-0.4, -0.2) is 21.9 Å². The number of hydrogen-bond acceptors (Lipinski definition) is 6. The van der Waals surface area contributed by atoms with Crippen LogP contribution in [0.25, 0.3) is 0 Å². The minimum atomic E-state index is -4.51. The third-order valence-electron chi connectivity index (χ3n) is 6.16. The van der Waals surface area contributed by atoms with E-state index in [9.17, 15) is 23.2 Å². The van der Waals surface area contributed by atoms with E-state index in [1.54, 1.807) is 12.1 Å². The summed E-state index contributed by atoms with van der Waals surface area (Å²) < 4.78 is 42.4. The van der Waals surface area contributed by atoms with E-state index in [-0.39, 0.29) is 17.9 Å². The number of anilines is 2. The number of fused-ring (bicyclic) bond motifs is 2. The molecule has 2 aliphatic rings. The molecule has 3 atom stereocenters. The standard InChI is InChI=1S/C22H20F3N5OS2/c1-11-4-5-12-13(10-26)21(33-17(12)7-11)28-20(31)15-9-19-27-14(16-3-2-6-32-16)8-18(22(23,24)25)30(19)29-15/h2-3,6,9,11,14,18,27H,4-5,7-8H2,1H3,(H,28,31)/t11-,14+,18+/m1/s1. The molecular weight excluding hydrogens is 471 g/mol. The number of carbonyl (C=O) groups excluding carboxylic acids is 1. The highest BCUT2D eigenvalue weighted by molar-refractivity contribution is 7.16. The highest BCUT2D eigenvalue weighted by Crippen LogP contribution is 2.44. The zero-order chi connectivity index (χ0) is 23.3. The van der Waals surface area contributed by atoms with E-state index in [0.29, 0.717) is 16.5 Å². The van der Waals surface area contributed by atoms with Gasteiger partial charge in [-0.3, -0.25) is 4.79 Å². The fourth-order valence-electron chi connectivity index (χ4n) is 4.48. The van der Waals surface area contributed by atoms with Crippen molar-refractivity contribution in [3.05, 3.63) is 50.2 Å². The van der Waals surface area contributed by atoms with E-state index < -0.39 is 24.2 Å². The van der Waals surface area contributed by atoms with Gasteiger partial charge in [0.15, 0.2) is 11.7 Å². The second-order valence-electron chi connectivity index (χ2n) is 8.49. The molecule has 5 rings (SSSR count). The third-order valence-corrected chi connectivity index (χ3v) is 8.32. The fourth-order valence-corrected chi connectivity index (χ4v) is 6.63. The third kappa shape index (κ3) is 4.02. The van der Waals surface area contributed by atoms with E-state index in [2.05, 4.69) is 28.7 Å². The summed E-state index contributed by atoms with van der Waals surface area (Å²) in [5, 5.41) is 21.7. The van der Waals surface area contributed by atoms with Crippen molar-refractivity contribution in [2.45, 2.75) is 50.9 Å². The molecule has 0 bridgehead atoms. The summed E-state index contributed by atoms with van der Waals surface area (Å²) in [6.45, 7) is 2.15. The summed E-state index contributed by atoms with van der Waals surface area (Å²) in [5.41, 5.74) is 1.29. The molecule has 3 aromatic rings. The lowest BCUT2D eigenvalue weighted by Crippen LogP contribution is -2.35. The SMILES string of the molecule is C[C@@H]1CCc2c(sc(NC(=O)c3cc4n(n3)[C@H](C(F)(F)F)C[C@@H](c3cccs3)N4)c2C#N)C1.